The summed E-state index contributed by atoms with van der Waals surface area (Å²) in [5.74, 6) is 1.53. The van der Waals surface area contributed by atoms with Gasteiger partial charge in [-0.1, -0.05) is 6.07 Å². The van der Waals surface area contributed by atoms with Crippen molar-refractivity contribution in [3.63, 3.8) is 0 Å². The number of amides is 1. The predicted octanol–water partition coefficient (Wildman–Crippen LogP) is 1.16. The Hall–Kier alpha value is -2.96. The summed E-state index contributed by atoms with van der Waals surface area (Å²) in [6, 6.07) is 10.6. The Morgan fingerprint density at radius 1 is 1.12 bits per heavy atom. The van der Waals surface area contributed by atoms with Gasteiger partial charge in [0, 0.05) is 12.3 Å². The molecule has 1 aromatic heterocycles. The largest absolute Gasteiger partial charge is 0.497 e. The highest BCUT2D eigenvalue weighted by molar-refractivity contribution is 5.77. The molecule has 0 radical (unpaired) electrons. The molecular formula is C18H20N2O5. The van der Waals surface area contributed by atoms with Crippen molar-refractivity contribution in [2.45, 2.75) is 12.6 Å². The molecule has 1 aliphatic rings. The van der Waals surface area contributed by atoms with Crippen LogP contribution in [0, 0.1) is 0 Å². The number of carbonyl (C=O) groups excluding carboxylic acids is 1. The molecule has 1 aliphatic heterocycles. The van der Waals surface area contributed by atoms with E-state index in [9.17, 15) is 9.59 Å². The quantitative estimate of drug-likeness (QED) is 0.786. The Morgan fingerprint density at radius 3 is 2.60 bits per heavy atom. The van der Waals surface area contributed by atoms with Crippen LogP contribution in [0.4, 0.5) is 0 Å². The smallest absolute Gasteiger partial charge is 0.293 e. The lowest BCUT2D eigenvalue weighted by atomic mass is 10.1. The Kier molecular flexibility index (Phi) is 4.92. The van der Waals surface area contributed by atoms with Gasteiger partial charge in [0.05, 0.1) is 27.3 Å². The minimum atomic E-state index is -0.317. The van der Waals surface area contributed by atoms with Crippen LogP contribution in [0.5, 0.6) is 17.2 Å². The maximum absolute atomic E-state index is 12.3. The molecule has 1 fully saturated rings. The first-order valence-corrected chi connectivity index (χ1v) is 7.92. The van der Waals surface area contributed by atoms with Crippen LogP contribution in [0.25, 0.3) is 0 Å². The van der Waals surface area contributed by atoms with Gasteiger partial charge in [0.25, 0.3) is 5.56 Å². The van der Waals surface area contributed by atoms with Crippen molar-refractivity contribution >= 4 is 5.91 Å². The Bertz CT molecular complexity index is 811. The average Bonchev–Trinajstić information content (AvgIpc) is 2.59. The molecule has 2 aromatic rings. The molecule has 0 aliphatic carbocycles. The lowest BCUT2D eigenvalue weighted by Gasteiger charge is -2.39. The lowest BCUT2D eigenvalue weighted by molar-refractivity contribution is -0.140. The summed E-state index contributed by atoms with van der Waals surface area (Å²) in [5, 5.41) is 0. The van der Waals surface area contributed by atoms with Crippen molar-refractivity contribution in [3.8, 4) is 17.2 Å². The molecule has 1 amide bonds. The number of nitrogens with zero attached hydrogens (tertiary/aromatic N) is 2. The van der Waals surface area contributed by atoms with Crippen molar-refractivity contribution in [2.75, 3.05) is 27.3 Å². The molecule has 0 bridgehead atoms. The van der Waals surface area contributed by atoms with Gasteiger partial charge in [-0.15, -0.1) is 0 Å². The third kappa shape index (κ3) is 3.76. The highest BCUT2D eigenvalue weighted by atomic mass is 16.5. The molecule has 7 nitrogen and oxygen atoms in total. The Balaban J connectivity index is 1.54. The Morgan fingerprint density at radius 2 is 1.88 bits per heavy atom. The lowest BCUT2D eigenvalue weighted by Crippen LogP contribution is -2.57. The number of carbonyl (C=O) groups is 1. The maximum Gasteiger partial charge on any atom is 0.293 e. The third-order valence-corrected chi connectivity index (χ3v) is 4.06. The second-order valence-electron chi connectivity index (χ2n) is 5.73. The van der Waals surface area contributed by atoms with E-state index in [1.54, 1.807) is 36.4 Å². The molecule has 0 unspecified atom stereocenters. The number of likely N-dealkylation sites (tertiary alicyclic amines) is 1. The molecular weight excluding hydrogens is 324 g/mol. The number of hydrogen-bond acceptors (Lipinski definition) is 5. The monoisotopic (exact) mass is 344 g/mol. The first-order chi connectivity index (χ1) is 12.1. The van der Waals surface area contributed by atoms with Crippen LogP contribution in [0.3, 0.4) is 0 Å². The molecule has 0 saturated carbocycles. The molecule has 2 heterocycles. The van der Waals surface area contributed by atoms with E-state index in [0.29, 0.717) is 18.8 Å². The van der Waals surface area contributed by atoms with Crippen molar-refractivity contribution in [3.05, 3.63) is 52.9 Å². The van der Waals surface area contributed by atoms with Gasteiger partial charge in [0.2, 0.25) is 5.91 Å². The molecule has 132 valence electrons. The summed E-state index contributed by atoms with van der Waals surface area (Å²) in [6.45, 7) is 0.978. The van der Waals surface area contributed by atoms with Crippen LogP contribution < -0.4 is 19.8 Å². The third-order valence-electron chi connectivity index (χ3n) is 4.06. The number of hydrogen-bond donors (Lipinski definition) is 0. The van der Waals surface area contributed by atoms with Gasteiger partial charge < -0.3 is 23.7 Å². The van der Waals surface area contributed by atoms with Crippen molar-refractivity contribution in [1.82, 2.24) is 9.47 Å². The van der Waals surface area contributed by atoms with Gasteiger partial charge in [-0.3, -0.25) is 9.59 Å². The second kappa shape index (κ2) is 7.29. The summed E-state index contributed by atoms with van der Waals surface area (Å²) in [4.78, 5) is 26.0. The van der Waals surface area contributed by atoms with Gasteiger partial charge in [0.15, 0.2) is 5.75 Å². The van der Waals surface area contributed by atoms with Gasteiger partial charge in [-0.25, -0.2) is 0 Å². The minimum Gasteiger partial charge on any atom is -0.497 e. The van der Waals surface area contributed by atoms with Gasteiger partial charge in [-0.2, -0.15) is 0 Å². The van der Waals surface area contributed by atoms with Gasteiger partial charge in [-0.05, 0) is 24.3 Å². The van der Waals surface area contributed by atoms with E-state index in [1.807, 2.05) is 18.2 Å². The normalized spacial score (nSPS) is 13.9. The van der Waals surface area contributed by atoms with Crippen LogP contribution in [-0.4, -0.2) is 48.8 Å². The molecule has 1 aromatic carbocycles. The number of benzene rings is 1. The number of rotatable bonds is 6. The van der Waals surface area contributed by atoms with Crippen LogP contribution >= 0.6 is 0 Å². The topological polar surface area (TPSA) is 70.0 Å². The summed E-state index contributed by atoms with van der Waals surface area (Å²) in [7, 11) is 3.03. The molecule has 0 spiro atoms. The SMILES string of the molecule is COc1cccc(OC2CN(C(=O)Cn3cccc(OC)c3=O)C2)c1. The van der Waals surface area contributed by atoms with E-state index in [0.717, 1.165) is 5.75 Å². The molecule has 7 heteroatoms. The number of pyridine rings is 1. The Labute approximate surface area is 145 Å². The summed E-state index contributed by atoms with van der Waals surface area (Å²) in [5.41, 5.74) is -0.317. The highest BCUT2D eigenvalue weighted by Gasteiger charge is 2.32. The van der Waals surface area contributed by atoms with Crippen LogP contribution in [-0.2, 0) is 11.3 Å². The van der Waals surface area contributed by atoms with E-state index in [-0.39, 0.29) is 29.9 Å². The predicted molar refractivity (Wildman–Crippen MR) is 91.2 cm³/mol. The fourth-order valence-electron chi connectivity index (χ4n) is 2.62. The molecule has 0 N–H and O–H groups in total. The standard InChI is InChI=1S/C18H20N2O5/c1-23-13-5-3-6-14(9-13)25-15-10-20(11-15)17(21)12-19-8-4-7-16(24-2)18(19)22/h3-9,15H,10-12H2,1-2H3. The van der Waals surface area contributed by atoms with Crippen LogP contribution in [0.15, 0.2) is 47.4 Å². The first kappa shape index (κ1) is 16.9. The van der Waals surface area contributed by atoms with Crippen LogP contribution in [0.2, 0.25) is 0 Å². The van der Waals surface area contributed by atoms with Gasteiger partial charge >= 0.3 is 0 Å². The molecule has 0 atom stereocenters. The summed E-state index contributed by atoms with van der Waals surface area (Å²) < 4.78 is 17.3. The van der Waals surface area contributed by atoms with E-state index in [1.165, 1.54) is 11.7 Å². The first-order valence-electron chi connectivity index (χ1n) is 7.92. The highest BCUT2D eigenvalue weighted by Crippen LogP contribution is 2.22. The van der Waals surface area contributed by atoms with Crippen molar-refractivity contribution in [1.29, 1.82) is 0 Å². The van der Waals surface area contributed by atoms with Crippen LogP contribution in [0.1, 0.15) is 0 Å². The van der Waals surface area contributed by atoms with Gasteiger partial charge in [0.1, 0.15) is 24.1 Å². The van der Waals surface area contributed by atoms with E-state index >= 15 is 0 Å². The molecule has 1 saturated heterocycles. The van der Waals surface area contributed by atoms with E-state index in [2.05, 4.69) is 0 Å². The minimum absolute atomic E-state index is 0.0120. The summed E-state index contributed by atoms with van der Waals surface area (Å²) >= 11 is 0. The van der Waals surface area contributed by atoms with E-state index in [4.69, 9.17) is 14.2 Å². The maximum atomic E-state index is 12.3. The number of aromatic nitrogens is 1. The number of methoxy groups -OCH3 is 2. The zero-order chi connectivity index (χ0) is 17.8. The summed E-state index contributed by atoms with van der Waals surface area (Å²) in [6.07, 6.45) is 1.52. The zero-order valence-corrected chi connectivity index (χ0v) is 14.2. The average molecular weight is 344 g/mol. The fourth-order valence-corrected chi connectivity index (χ4v) is 2.62. The fraction of sp³-hybridized carbons (Fsp3) is 0.333. The zero-order valence-electron chi connectivity index (χ0n) is 14.2. The van der Waals surface area contributed by atoms with Crippen molar-refractivity contribution in [2.24, 2.45) is 0 Å². The number of ether oxygens (including phenoxy) is 3. The molecule has 3 rings (SSSR count). The van der Waals surface area contributed by atoms with Crippen molar-refractivity contribution < 1.29 is 19.0 Å². The van der Waals surface area contributed by atoms with E-state index < -0.39 is 0 Å². The second-order valence-corrected chi connectivity index (χ2v) is 5.73. The molecule has 25 heavy (non-hydrogen) atoms.